The van der Waals surface area contributed by atoms with Crippen LogP contribution in [-0.4, -0.2) is 16.1 Å². The number of hydrogen-bond donors (Lipinski definition) is 3. The number of rotatable bonds is 2. The van der Waals surface area contributed by atoms with E-state index in [1.165, 1.54) is 0 Å². The summed E-state index contributed by atoms with van der Waals surface area (Å²) in [5.41, 5.74) is 4.32. The van der Waals surface area contributed by atoms with Gasteiger partial charge in [0.05, 0.1) is 27.5 Å². The standard InChI is InChI=1S/C11H7Cl2F3N4O/c12-6-1-4(11(14,15)16)2-7(13)8(6)19-10(21)5-3-18-20-9(5)17/h1-3H,(H,19,21)(H3,17,18,20). The highest BCUT2D eigenvalue weighted by atomic mass is 35.5. The monoisotopic (exact) mass is 338 g/mol. The fourth-order valence-electron chi connectivity index (χ4n) is 1.51. The van der Waals surface area contributed by atoms with Gasteiger partial charge in [-0.3, -0.25) is 9.89 Å². The van der Waals surface area contributed by atoms with E-state index in [-0.39, 0.29) is 27.1 Å². The average molecular weight is 339 g/mol. The van der Waals surface area contributed by atoms with E-state index in [4.69, 9.17) is 28.9 Å². The number of benzene rings is 1. The Hall–Kier alpha value is -1.93. The van der Waals surface area contributed by atoms with Gasteiger partial charge in [-0.2, -0.15) is 18.3 Å². The number of nitrogens with one attached hydrogen (secondary N) is 2. The Balaban J connectivity index is 2.34. The van der Waals surface area contributed by atoms with E-state index in [2.05, 4.69) is 15.5 Å². The van der Waals surface area contributed by atoms with Crippen LogP contribution in [0.1, 0.15) is 15.9 Å². The van der Waals surface area contributed by atoms with Crippen molar-refractivity contribution in [2.75, 3.05) is 11.1 Å². The summed E-state index contributed by atoms with van der Waals surface area (Å²) in [6, 6.07) is 1.34. The molecule has 10 heteroatoms. The molecule has 0 bridgehead atoms. The van der Waals surface area contributed by atoms with Gasteiger partial charge in [-0.05, 0) is 12.1 Å². The highest BCUT2D eigenvalue weighted by molar-refractivity contribution is 6.40. The molecule has 1 heterocycles. The summed E-state index contributed by atoms with van der Waals surface area (Å²) in [5, 5.41) is 7.50. The van der Waals surface area contributed by atoms with Crippen LogP contribution in [0.4, 0.5) is 24.7 Å². The Morgan fingerprint density at radius 1 is 1.29 bits per heavy atom. The molecule has 21 heavy (non-hydrogen) atoms. The van der Waals surface area contributed by atoms with Gasteiger partial charge >= 0.3 is 6.18 Å². The minimum atomic E-state index is -4.59. The molecule has 4 N–H and O–H groups in total. The lowest BCUT2D eigenvalue weighted by Crippen LogP contribution is -2.14. The summed E-state index contributed by atoms with van der Waals surface area (Å²) in [6.07, 6.45) is -3.43. The number of alkyl halides is 3. The molecule has 0 aliphatic heterocycles. The number of nitrogen functional groups attached to an aromatic ring is 1. The number of hydrogen-bond acceptors (Lipinski definition) is 3. The van der Waals surface area contributed by atoms with Gasteiger partial charge in [0.1, 0.15) is 11.4 Å². The summed E-state index contributed by atoms with van der Waals surface area (Å²) in [6.45, 7) is 0. The van der Waals surface area contributed by atoms with E-state index in [0.717, 1.165) is 6.20 Å². The minimum absolute atomic E-state index is 0.00616. The van der Waals surface area contributed by atoms with Crippen molar-refractivity contribution in [1.29, 1.82) is 0 Å². The van der Waals surface area contributed by atoms with E-state index in [1.807, 2.05) is 0 Å². The van der Waals surface area contributed by atoms with E-state index >= 15 is 0 Å². The van der Waals surface area contributed by atoms with Crippen molar-refractivity contribution in [3.05, 3.63) is 39.5 Å². The number of nitrogens with two attached hydrogens (primary N) is 1. The zero-order chi connectivity index (χ0) is 15.8. The number of anilines is 2. The van der Waals surface area contributed by atoms with E-state index in [1.54, 1.807) is 0 Å². The number of carbonyl (C=O) groups excluding carboxylic acids is 1. The van der Waals surface area contributed by atoms with Crippen molar-refractivity contribution in [2.24, 2.45) is 0 Å². The lowest BCUT2D eigenvalue weighted by molar-refractivity contribution is -0.137. The smallest absolute Gasteiger partial charge is 0.383 e. The molecule has 0 atom stereocenters. The molecular weight excluding hydrogens is 332 g/mol. The zero-order valence-corrected chi connectivity index (χ0v) is 11.6. The van der Waals surface area contributed by atoms with Crippen LogP contribution in [0.2, 0.25) is 10.0 Å². The second-order valence-corrected chi connectivity index (χ2v) is 4.78. The summed E-state index contributed by atoms with van der Waals surface area (Å²) in [7, 11) is 0. The Bertz CT molecular complexity index is 676. The molecule has 0 unspecified atom stereocenters. The van der Waals surface area contributed by atoms with Crippen molar-refractivity contribution >= 4 is 40.6 Å². The van der Waals surface area contributed by atoms with Gasteiger partial charge in [-0.25, -0.2) is 0 Å². The largest absolute Gasteiger partial charge is 0.416 e. The molecule has 1 amide bonds. The summed E-state index contributed by atoms with van der Waals surface area (Å²) in [5.74, 6) is -0.698. The molecule has 1 aromatic carbocycles. The first-order chi connectivity index (χ1) is 9.70. The van der Waals surface area contributed by atoms with Crippen molar-refractivity contribution in [3.8, 4) is 0 Å². The van der Waals surface area contributed by atoms with Gasteiger partial charge in [-0.1, -0.05) is 23.2 Å². The van der Waals surface area contributed by atoms with Crippen molar-refractivity contribution in [2.45, 2.75) is 6.18 Å². The van der Waals surface area contributed by atoms with E-state index < -0.39 is 17.6 Å². The van der Waals surface area contributed by atoms with E-state index in [9.17, 15) is 18.0 Å². The van der Waals surface area contributed by atoms with Crippen LogP contribution < -0.4 is 11.1 Å². The van der Waals surface area contributed by atoms with Crippen LogP contribution >= 0.6 is 23.2 Å². The fourth-order valence-corrected chi connectivity index (χ4v) is 2.10. The van der Waals surface area contributed by atoms with Gasteiger partial charge in [0.2, 0.25) is 0 Å². The third-order valence-corrected chi connectivity index (χ3v) is 3.12. The predicted molar refractivity (Wildman–Crippen MR) is 72.4 cm³/mol. The number of amides is 1. The lowest BCUT2D eigenvalue weighted by atomic mass is 10.2. The van der Waals surface area contributed by atoms with Gasteiger partial charge in [0, 0.05) is 0 Å². The first-order valence-corrected chi connectivity index (χ1v) is 6.12. The maximum absolute atomic E-state index is 12.6. The molecule has 5 nitrogen and oxygen atoms in total. The molecule has 0 radical (unpaired) electrons. The highest BCUT2D eigenvalue weighted by Crippen LogP contribution is 2.38. The Labute approximate surface area is 126 Å². The third-order valence-electron chi connectivity index (χ3n) is 2.52. The number of aromatic nitrogens is 2. The minimum Gasteiger partial charge on any atom is -0.383 e. The number of H-pyrrole nitrogens is 1. The van der Waals surface area contributed by atoms with Crippen LogP contribution in [0.15, 0.2) is 18.3 Å². The molecular formula is C11H7Cl2F3N4O. The second-order valence-electron chi connectivity index (χ2n) is 3.96. The Morgan fingerprint density at radius 2 is 1.86 bits per heavy atom. The predicted octanol–water partition coefficient (Wildman–Crippen LogP) is 3.57. The molecule has 0 saturated carbocycles. The zero-order valence-electron chi connectivity index (χ0n) is 10.1. The molecule has 0 fully saturated rings. The lowest BCUT2D eigenvalue weighted by Gasteiger charge is -2.13. The average Bonchev–Trinajstić information content (AvgIpc) is 2.78. The molecule has 2 aromatic rings. The summed E-state index contributed by atoms with van der Waals surface area (Å²) >= 11 is 11.5. The quantitative estimate of drug-likeness (QED) is 0.782. The Kier molecular flexibility index (Phi) is 4.02. The molecule has 0 spiro atoms. The maximum atomic E-state index is 12.6. The fraction of sp³-hybridized carbons (Fsp3) is 0.0909. The topological polar surface area (TPSA) is 83.8 Å². The van der Waals surface area contributed by atoms with Crippen LogP contribution in [0.5, 0.6) is 0 Å². The SMILES string of the molecule is Nc1[nH]ncc1C(=O)Nc1c(Cl)cc(C(F)(F)F)cc1Cl. The molecule has 2 rings (SSSR count). The molecule has 0 saturated heterocycles. The van der Waals surface area contributed by atoms with Crippen molar-refractivity contribution in [1.82, 2.24) is 10.2 Å². The number of nitrogens with zero attached hydrogens (tertiary/aromatic N) is 1. The van der Waals surface area contributed by atoms with E-state index in [0.29, 0.717) is 12.1 Å². The van der Waals surface area contributed by atoms with Crippen LogP contribution in [0.25, 0.3) is 0 Å². The van der Waals surface area contributed by atoms with Crippen molar-refractivity contribution in [3.63, 3.8) is 0 Å². The molecule has 0 aliphatic carbocycles. The number of aromatic amines is 1. The first kappa shape index (κ1) is 15.5. The van der Waals surface area contributed by atoms with Gasteiger partial charge in [-0.15, -0.1) is 0 Å². The number of halogens is 5. The highest BCUT2D eigenvalue weighted by Gasteiger charge is 2.32. The molecule has 1 aromatic heterocycles. The summed E-state index contributed by atoms with van der Waals surface area (Å²) < 4.78 is 37.8. The first-order valence-electron chi connectivity index (χ1n) is 5.36. The summed E-state index contributed by atoms with van der Waals surface area (Å²) in [4.78, 5) is 11.9. The third kappa shape index (κ3) is 3.22. The van der Waals surface area contributed by atoms with Gasteiger partial charge < -0.3 is 11.1 Å². The molecule has 0 aliphatic rings. The second kappa shape index (κ2) is 5.45. The molecule has 112 valence electrons. The Morgan fingerprint density at radius 3 is 2.29 bits per heavy atom. The maximum Gasteiger partial charge on any atom is 0.416 e. The normalized spacial score (nSPS) is 11.5. The number of carbonyl (C=O) groups is 1. The van der Waals surface area contributed by atoms with Gasteiger partial charge in [0.15, 0.2) is 0 Å². The van der Waals surface area contributed by atoms with Crippen LogP contribution in [0, 0.1) is 0 Å². The van der Waals surface area contributed by atoms with Crippen LogP contribution in [0.3, 0.4) is 0 Å². The van der Waals surface area contributed by atoms with Gasteiger partial charge in [0.25, 0.3) is 5.91 Å². The van der Waals surface area contributed by atoms with Crippen LogP contribution in [-0.2, 0) is 6.18 Å². The van der Waals surface area contributed by atoms with Crippen molar-refractivity contribution < 1.29 is 18.0 Å².